The number of hydrogen-bond donors (Lipinski definition) is 0. The second-order valence-electron chi connectivity index (χ2n) is 11.6. The Labute approximate surface area is 369 Å². The van der Waals surface area contributed by atoms with Crippen molar-refractivity contribution in [1.82, 2.24) is 24.1 Å². The van der Waals surface area contributed by atoms with Crippen LogP contribution < -0.4 is 0 Å². The molecular weight excluding hydrogens is 683 g/mol. The van der Waals surface area contributed by atoms with Crippen molar-refractivity contribution in [3.05, 3.63) is 199 Å². The van der Waals surface area contributed by atoms with Gasteiger partial charge in [0.05, 0.1) is 67.3 Å². The van der Waals surface area contributed by atoms with Crippen LogP contribution in [0.3, 0.4) is 0 Å². The summed E-state index contributed by atoms with van der Waals surface area (Å²) in [7, 11) is 0. The van der Waals surface area contributed by atoms with Gasteiger partial charge in [0.2, 0.25) is 5.95 Å². The molecule has 56 heavy (non-hydrogen) atoms. The number of para-hydroxylation sites is 2. The average Bonchev–Trinajstić information content (AvgIpc) is 1.53. The Balaban J connectivity index is 1.36. The molecule has 8 aromatic carbocycles. The van der Waals surface area contributed by atoms with Crippen LogP contribution in [-0.4, -0.2) is 24.1 Å². The van der Waals surface area contributed by atoms with E-state index in [1.54, 1.807) is 0 Å². The summed E-state index contributed by atoms with van der Waals surface area (Å²) < 4.78 is 296. The first kappa shape index (κ1) is 13.0. The van der Waals surface area contributed by atoms with Gasteiger partial charge in [-0.2, -0.15) is 9.97 Å². The molecule has 0 N–H and O–H groups in total. The summed E-state index contributed by atoms with van der Waals surface area (Å²) in [6, 6.07) is -32.2. The number of rotatable bonds is 6. The molecule has 0 saturated heterocycles. The Morgan fingerprint density at radius 1 is 0.304 bits per heavy atom. The van der Waals surface area contributed by atoms with Crippen LogP contribution in [-0.2, 0) is 0 Å². The molecule has 0 fully saturated rings. The van der Waals surface area contributed by atoms with E-state index in [1.807, 2.05) is 0 Å². The lowest BCUT2D eigenvalue weighted by Crippen LogP contribution is -2.06. The molecule has 5 heteroatoms. The largest absolute Gasteiger partial charge is 0.309 e. The summed E-state index contributed by atoms with van der Waals surface area (Å²) in [6.07, 6.45) is 0. The lowest BCUT2D eigenvalue weighted by Gasteiger charge is -2.12. The standard InChI is InChI=1S/C51H33N5/c1-4-14-34(15-5-1)36-24-26-39(27-25-36)50-52-49(38-18-8-3-9-19-38)53-51(54-50)56-46-23-13-11-21-42(46)44-32-47-43(33-48(44)56)41-20-10-12-22-45(41)55(47)40-30-28-37(29-31-40)35-16-6-2-7-17-35/h1-33H/i1D,2D,3D,4D,5D,6D,7D,8D,9D,10D,11D,12D,13D,14D,15D,16D,17D,18D,19D,20D,21D,22D,23D,24D,25D,26D,27D,28D,29D,30D,31D,32D,33D. The fraction of sp³-hybridized carbons (Fsp3) is 0. The summed E-state index contributed by atoms with van der Waals surface area (Å²) in [4.78, 5) is 13.2. The molecule has 0 saturated carbocycles. The Morgan fingerprint density at radius 2 is 0.679 bits per heavy atom. The predicted octanol–water partition coefficient (Wildman–Crippen LogP) is 12.7. The minimum absolute atomic E-state index is 0.659. The fourth-order valence-electron chi connectivity index (χ4n) is 6.03. The molecule has 0 aliphatic carbocycles. The van der Waals surface area contributed by atoms with Crippen LogP contribution in [0.4, 0.5) is 0 Å². The molecule has 262 valence electrons. The van der Waals surface area contributed by atoms with E-state index in [0.717, 1.165) is 0 Å². The van der Waals surface area contributed by atoms with Crippen LogP contribution in [0.15, 0.2) is 199 Å². The van der Waals surface area contributed by atoms with Gasteiger partial charge in [-0.3, -0.25) is 4.57 Å². The molecule has 0 spiro atoms. The second-order valence-corrected chi connectivity index (χ2v) is 11.6. The van der Waals surface area contributed by atoms with Gasteiger partial charge in [0.25, 0.3) is 0 Å². The molecule has 3 aromatic heterocycles. The Morgan fingerprint density at radius 3 is 1.21 bits per heavy atom. The van der Waals surface area contributed by atoms with Crippen molar-refractivity contribution in [3.8, 4) is 56.7 Å². The van der Waals surface area contributed by atoms with E-state index < -0.39 is 300 Å². The van der Waals surface area contributed by atoms with Crippen molar-refractivity contribution < 1.29 is 45.2 Å². The third kappa shape index (κ3) is 5.29. The molecule has 0 atom stereocenters. The lowest BCUT2D eigenvalue weighted by atomic mass is 10.0. The van der Waals surface area contributed by atoms with E-state index in [2.05, 4.69) is 15.0 Å². The summed E-state index contributed by atoms with van der Waals surface area (Å²) in [5.74, 6) is -2.91. The molecule has 0 amide bonds. The Bertz CT molecular complexity index is 5040. The van der Waals surface area contributed by atoms with E-state index in [1.165, 1.54) is 0 Å². The minimum atomic E-state index is -1.09. The van der Waals surface area contributed by atoms with Gasteiger partial charge in [-0.05, 0) is 58.5 Å². The maximum absolute atomic E-state index is 10.3. The molecule has 0 aliphatic rings. The third-order valence-electron chi connectivity index (χ3n) is 8.42. The van der Waals surface area contributed by atoms with E-state index in [0.29, 0.717) is 9.13 Å². The lowest BCUT2D eigenvalue weighted by molar-refractivity contribution is 0.954. The van der Waals surface area contributed by atoms with Gasteiger partial charge in [-0.25, -0.2) is 4.98 Å². The molecular formula is C51H33N5. The Kier molecular flexibility index (Phi) is 3.03. The van der Waals surface area contributed by atoms with Gasteiger partial charge in [-0.1, -0.05) is 163 Å². The zero-order valence-corrected chi connectivity index (χ0v) is 27.7. The topological polar surface area (TPSA) is 48.5 Å². The molecule has 0 bridgehead atoms. The Hall–Kier alpha value is -7.63. The molecule has 0 unspecified atom stereocenters. The molecule has 11 aromatic rings. The molecule has 11 rings (SSSR count). The zero-order valence-electron chi connectivity index (χ0n) is 60.7. The van der Waals surface area contributed by atoms with Crippen LogP contribution in [0.1, 0.15) is 45.2 Å². The molecule has 5 nitrogen and oxygen atoms in total. The summed E-state index contributed by atoms with van der Waals surface area (Å²) in [5, 5.41) is -2.70. The zero-order chi connectivity index (χ0) is 65.7. The van der Waals surface area contributed by atoms with Gasteiger partial charge in [0.15, 0.2) is 11.6 Å². The molecule has 0 aliphatic heterocycles. The van der Waals surface area contributed by atoms with Crippen molar-refractivity contribution in [2.45, 2.75) is 0 Å². The van der Waals surface area contributed by atoms with E-state index in [4.69, 9.17) is 26.0 Å². The van der Waals surface area contributed by atoms with Crippen molar-refractivity contribution in [1.29, 1.82) is 0 Å². The first-order chi connectivity index (χ1) is 41.5. The average molecular weight is 749 g/mol. The monoisotopic (exact) mass is 748 g/mol. The first-order valence-electron chi connectivity index (χ1n) is 32.7. The van der Waals surface area contributed by atoms with Crippen molar-refractivity contribution in [3.63, 3.8) is 0 Å². The van der Waals surface area contributed by atoms with Crippen molar-refractivity contribution in [2.24, 2.45) is 0 Å². The number of hydrogen-bond acceptors (Lipinski definition) is 3. The quantitative estimate of drug-likeness (QED) is 0.170. The van der Waals surface area contributed by atoms with E-state index >= 15 is 0 Å². The fourth-order valence-corrected chi connectivity index (χ4v) is 6.03. The van der Waals surface area contributed by atoms with Crippen molar-refractivity contribution >= 4 is 43.6 Å². The minimum Gasteiger partial charge on any atom is -0.309 e. The van der Waals surface area contributed by atoms with Gasteiger partial charge in [0.1, 0.15) is 0 Å². The van der Waals surface area contributed by atoms with Crippen molar-refractivity contribution in [2.75, 3.05) is 0 Å². The van der Waals surface area contributed by atoms with Crippen LogP contribution >= 0.6 is 0 Å². The van der Waals surface area contributed by atoms with E-state index in [9.17, 15) is 19.2 Å². The van der Waals surface area contributed by atoms with Gasteiger partial charge in [0, 0.05) is 38.4 Å². The number of benzene rings is 8. The van der Waals surface area contributed by atoms with Crippen LogP contribution in [0, 0.1) is 0 Å². The summed E-state index contributed by atoms with van der Waals surface area (Å²) >= 11 is 0. The number of fused-ring (bicyclic) bond motifs is 6. The normalized spacial score (nSPS) is 19.8. The summed E-state index contributed by atoms with van der Waals surface area (Å²) in [6.45, 7) is 0. The maximum Gasteiger partial charge on any atom is 0.238 e. The first-order valence-corrected chi connectivity index (χ1v) is 16.2. The highest BCUT2D eigenvalue weighted by Gasteiger charge is 2.21. The van der Waals surface area contributed by atoms with Crippen LogP contribution in [0.25, 0.3) is 100 Å². The highest BCUT2D eigenvalue weighted by Crippen LogP contribution is 2.40. The smallest absolute Gasteiger partial charge is 0.238 e. The van der Waals surface area contributed by atoms with Gasteiger partial charge in [-0.15, -0.1) is 0 Å². The van der Waals surface area contributed by atoms with Crippen LogP contribution in [0.2, 0.25) is 0 Å². The number of nitrogens with zero attached hydrogens (tertiary/aromatic N) is 5. The van der Waals surface area contributed by atoms with Gasteiger partial charge >= 0.3 is 0 Å². The van der Waals surface area contributed by atoms with Crippen LogP contribution in [0.5, 0.6) is 0 Å². The third-order valence-corrected chi connectivity index (χ3v) is 8.42. The highest BCUT2D eigenvalue weighted by atomic mass is 15.2. The molecule has 0 radical (unpaired) electrons. The molecule has 3 heterocycles. The van der Waals surface area contributed by atoms with Gasteiger partial charge < -0.3 is 4.57 Å². The van der Waals surface area contributed by atoms with E-state index in [-0.39, 0.29) is 0 Å². The SMILES string of the molecule is [2H]c1c([2H])c([2H])c(-c2nc(-c3c([2H])c([2H])c(-c4c([2H])c([2H])c([2H])c([2H])c4[2H])c([2H])c3[2H])nc(-n3c4c([2H])c([2H])c([2H])c([2H])c4c4c([2H])c5c(c([2H])c43)c3c([2H])c([2H])c([2H])c([2H])c3n5-c3c([2H])c([2H])c(-c4c([2H])c([2H])c([2H])c([2H])c4[2H])c([2H])c3[2H])n2)c([2H])c1[2H]. The summed E-state index contributed by atoms with van der Waals surface area (Å²) in [5.41, 5.74) is -8.69. The number of aromatic nitrogens is 5. The highest BCUT2D eigenvalue weighted by molar-refractivity contribution is 6.19. The maximum atomic E-state index is 10.3. The second kappa shape index (κ2) is 13.0. The predicted molar refractivity (Wildman–Crippen MR) is 230 cm³/mol.